The summed E-state index contributed by atoms with van der Waals surface area (Å²) in [6.07, 6.45) is 7.34. The molecule has 170 valence electrons. The van der Waals surface area contributed by atoms with Crippen molar-refractivity contribution >= 4 is 40.5 Å². The fourth-order valence-electron chi connectivity index (χ4n) is 3.68. The molecule has 0 radical (unpaired) electrons. The Balaban J connectivity index is 1.53. The molecule has 0 aromatic heterocycles. The van der Waals surface area contributed by atoms with E-state index in [1.165, 1.54) is 6.42 Å². The molecule has 3 rings (SSSR count). The third-order valence-corrected chi connectivity index (χ3v) is 5.66. The number of carbonyl (C=O) groups is 2. The summed E-state index contributed by atoms with van der Waals surface area (Å²) in [4.78, 5) is 25.1. The molecule has 0 unspecified atom stereocenters. The minimum atomic E-state index is -0.315. The molecule has 2 amide bonds. The van der Waals surface area contributed by atoms with Crippen LogP contribution in [-0.2, 0) is 4.79 Å². The van der Waals surface area contributed by atoms with Crippen molar-refractivity contribution in [3.8, 4) is 5.75 Å². The van der Waals surface area contributed by atoms with Gasteiger partial charge >= 0.3 is 0 Å². The number of carbonyl (C=O) groups excluding carboxylic acids is 2. The van der Waals surface area contributed by atoms with E-state index in [9.17, 15) is 9.59 Å². The molecule has 3 N–H and O–H groups in total. The van der Waals surface area contributed by atoms with Crippen LogP contribution in [0.15, 0.2) is 48.5 Å². The number of hydrogen-bond acceptors (Lipinski definition) is 4. The van der Waals surface area contributed by atoms with Gasteiger partial charge in [0.25, 0.3) is 5.91 Å². The molecule has 7 heteroatoms. The van der Waals surface area contributed by atoms with E-state index in [0.29, 0.717) is 29.3 Å². The molecule has 6 nitrogen and oxygen atoms in total. The Morgan fingerprint density at radius 2 is 1.72 bits per heavy atom. The molecule has 0 aliphatic heterocycles. The van der Waals surface area contributed by atoms with Gasteiger partial charge in [0, 0.05) is 22.9 Å². The summed E-state index contributed by atoms with van der Waals surface area (Å²) in [5, 5.41) is 8.88. The van der Waals surface area contributed by atoms with Gasteiger partial charge in [0.15, 0.2) is 5.11 Å². The van der Waals surface area contributed by atoms with Crippen LogP contribution in [0, 0.1) is 5.92 Å². The topological polar surface area (TPSA) is 79.5 Å². The van der Waals surface area contributed by atoms with Gasteiger partial charge in [0.1, 0.15) is 5.75 Å². The number of ether oxygens (including phenoxy) is 1. The molecule has 0 heterocycles. The van der Waals surface area contributed by atoms with Crippen molar-refractivity contribution in [1.29, 1.82) is 0 Å². The van der Waals surface area contributed by atoms with Gasteiger partial charge in [-0.2, -0.15) is 0 Å². The largest absolute Gasteiger partial charge is 0.494 e. The maximum Gasteiger partial charge on any atom is 0.257 e. The van der Waals surface area contributed by atoms with Crippen LogP contribution in [-0.4, -0.2) is 23.5 Å². The van der Waals surface area contributed by atoms with E-state index in [4.69, 9.17) is 17.0 Å². The average molecular weight is 454 g/mol. The molecule has 0 atom stereocenters. The zero-order valence-electron chi connectivity index (χ0n) is 18.5. The summed E-state index contributed by atoms with van der Waals surface area (Å²) in [6, 6.07) is 14.3. The number of nitrogens with one attached hydrogen (secondary N) is 3. The van der Waals surface area contributed by atoms with Crippen LogP contribution >= 0.6 is 12.2 Å². The summed E-state index contributed by atoms with van der Waals surface area (Å²) in [5.41, 5.74) is 1.86. The molecule has 0 bridgehead atoms. The summed E-state index contributed by atoms with van der Waals surface area (Å²) < 4.78 is 5.66. The van der Waals surface area contributed by atoms with Crippen LogP contribution in [0.2, 0.25) is 0 Å². The molecular weight excluding hydrogens is 422 g/mol. The van der Waals surface area contributed by atoms with E-state index in [2.05, 4.69) is 22.9 Å². The highest BCUT2D eigenvalue weighted by molar-refractivity contribution is 7.80. The van der Waals surface area contributed by atoms with Crippen LogP contribution < -0.4 is 20.7 Å². The van der Waals surface area contributed by atoms with Gasteiger partial charge in [0.2, 0.25) is 5.91 Å². The van der Waals surface area contributed by atoms with Crippen molar-refractivity contribution in [1.82, 2.24) is 5.32 Å². The highest BCUT2D eigenvalue weighted by Crippen LogP contribution is 2.25. The second-order valence-corrected chi connectivity index (χ2v) is 8.45. The van der Waals surface area contributed by atoms with Crippen LogP contribution in [0.3, 0.4) is 0 Å². The zero-order chi connectivity index (χ0) is 22.8. The molecule has 1 aliphatic carbocycles. The summed E-state index contributed by atoms with van der Waals surface area (Å²) in [7, 11) is 0. The van der Waals surface area contributed by atoms with E-state index in [1.54, 1.807) is 24.3 Å². The maximum absolute atomic E-state index is 12.6. The van der Waals surface area contributed by atoms with Crippen LogP contribution in [0.25, 0.3) is 0 Å². The van der Waals surface area contributed by atoms with Gasteiger partial charge in [-0.05, 0) is 67.9 Å². The van der Waals surface area contributed by atoms with Gasteiger partial charge in [-0.25, -0.2) is 0 Å². The van der Waals surface area contributed by atoms with E-state index < -0.39 is 0 Å². The molecule has 0 saturated heterocycles. The predicted octanol–water partition coefficient (Wildman–Crippen LogP) is 5.51. The Bertz CT molecular complexity index is 942. The smallest absolute Gasteiger partial charge is 0.257 e. The maximum atomic E-state index is 12.6. The molecule has 2 aromatic carbocycles. The van der Waals surface area contributed by atoms with E-state index in [0.717, 1.165) is 38.5 Å². The summed E-state index contributed by atoms with van der Waals surface area (Å²) in [6.45, 7) is 2.72. The highest BCUT2D eigenvalue weighted by atomic mass is 32.1. The predicted molar refractivity (Wildman–Crippen MR) is 132 cm³/mol. The molecule has 32 heavy (non-hydrogen) atoms. The third-order valence-electron chi connectivity index (χ3n) is 5.45. The lowest BCUT2D eigenvalue weighted by Gasteiger charge is -2.21. The van der Waals surface area contributed by atoms with Crippen LogP contribution in [0.5, 0.6) is 5.75 Å². The number of thiocarbonyl (C=S) groups is 1. The van der Waals surface area contributed by atoms with Gasteiger partial charge in [-0.3, -0.25) is 14.9 Å². The van der Waals surface area contributed by atoms with Crippen LogP contribution in [0.4, 0.5) is 11.4 Å². The quantitative estimate of drug-likeness (QED) is 0.363. The number of anilines is 2. The minimum Gasteiger partial charge on any atom is -0.494 e. The number of rotatable bonds is 8. The van der Waals surface area contributed by atoms with Crippen molar-refractivity contribution in [3.63, 3.8) is 0 Å². The number of benzene rings is 2. The molecular formula is C25H31N3O3S. The summed E-state index contributed by atoms with van der Waals surface area (Å²) >= 11 is 5.30. The van der Waals surface area contributed by atoms with E-state index >= 15 is 0 Å². The Labute approximate surface area is 195 Å². The van der Waals surface area contributed by atoms with Crippen molar-refractivity contribution in [2.75, 3.05) is 17.2 Å². The first kappa shape index (κ1) is 23.7. The molecule has 1 saturated carbocycles. The highest BCUT2D eigenvalue weighted by Gasteiger charge is 2.21. The minimum absolute atomic E-state index is 0.0683. The molecule has 1 fully saturated rings. The average Bonchev–Trinajstić information content (AvgIpc) is 2.80. The van der Waals surface area contributed by atoms with Gasteiger partial charge < -0.3 is 15.4 Å². The fraction of sp³-hybridized carbons (Fsp3) is 0.400. The van der Waals surface area contributed by atoms with Crippen molar-refractivity contribution in [3.05, 3.63) is 54.1 Å². The molecule has 1 aliphatic rings. The van der Waals surface area contributed by atoms with Crippen molar-refractivity contribution in [2.24, 2.45) is 5.92 Å². The summed E-state index contributed by atoms with van der Waals surface area (Å²) in [5.74, 6) is 0.498. The number of unbranched alkanes of at least 4 members (excludes halogenated alkanes) is 1. The normalized spacial score (nSPS) is 13.8. The second-order valence-electron chi connectivity index (χ2n) is 8.04. The third kappa shape index (κ3) is 7.34. The lowest BCUT2D eigenvalue weighted by molar-refractivity contribution is -0.120. The lowest BCUT2D eigenvalue weighted by atomic mass is 9.88. The lowest BCUT2D eigenvalue weighted by Crippen LogP contribution is -2.34. The first-order chi connectivity index (χ1) is 15.5. The van der Waals surface area contributed by atoms with Crippen molar-refractivity contribution in [2.45, 2.75) is 51.9 Å². The Kier molecular flexibility index (Phi) is 9.04. The van der Waals surface area contributed by atoms with Gasteiger partial charge in [-0.15, -0.1) is 0 Å². The van der Waals surface area contributed by atoms with E-state index in [1.807, 2.05) is 24.3 Å². The Morgan fingerprint density at radius 3 is 2.47 bits per heavy atom. The first-order valence-electron chi connectivity index (χ1n) is 11.3. The standard InChI is InChI=1S/C25H31N3O3S/c1-2-3-15-31-22-14-7-11-19(16-22)24(30)28-25(32)27-21-13-8-12-20(17-21)26-23(29)18-9-5-4-6-10-18/h7-8,11-14,16-18H,2-6,9-10,15H2,1H3,(H,26,29)(H2,27,28,30,32). The molecule has 0 spiro atoms. The van der Waals surface area contributed by atoms with Crippen LogP contribution in [0.1, 0.15) is 62.2 Å². The Morgan fingerprint density at radius 1 is 1.00 bits per heavy atom. The fourth-order valence-corrected chi connectivity index (χ4v) is 3.89. The first-order valence-corrected chi connectivity index (χ1v) is 11.7. The van der Waals surface area contributed by atoms with Gasteiger partial charge in [0.05, 0.1) is 6.61 Å². The van der Waals surface area contributed by atoms with Crippen molar-refractivity contribution < 1.29 is 14.3 Å². The zero-order valence-corrected chi connectivity index (χ0v) is 19.3. The number of hydrogen-bond donors (Lipinski definition) is 3. The molecule has 2 aromatic rings. The SMILES string of the molecule is CCCCOc1cccc(C(=O)NC(=S)Nc2cccc(NC(=O)C3CCCCC3)c2)c1. The van der Waals surface area contributed by atoms with Gasteiger partial charge in [-0.1, -0.05) is 44.7 Å². The second kappa shape index (κ2) is 12.2. The monoisotopic (exact) mass is 453 g/mol. The van der Waals surface area contributed by atoms with E-state index in [-0.39, 0.29) is 22.8 Å². The Hall–Kier alpha value is -2.93. The number of amides is 2.